The van der Waals surface area contributed by atoms with E-state index < -0.39 is 0 Å². The molecule has 0 spiro atoms. The van der Waals surface area contributed by atoms with Crippen molar-refractivity contribution < 1.29 is 4.79 Å². The van der Waals surface area contributed by atoms with Gasteiger partial charge in [0.25, 0.3) is 0 Å². The fourth-order valence-electron chi connectivity index (χ4n) is 2.39. The van der Waals surface area contributed by atoms with Gasteiger partial charge in [0, 0.05) is 32.2 Å². The van der Waals surface area contributed by atoms with Gasteiger partial charge >= 0.3 is 0 Å². The number of carbonyl (C=O) groups excluding carboxylic acids is 1. The maximum absolute atomic E-state index is 10.9. The summed E-state index contributed by atoms with van der Waals surface area (Å²) < 4.78 is 0. The third kappa shape index (κ3) is 7.70. The van der Waals surface area contributed by atoms with E-state index in [4.69, 9.17) is 5.73 Å². The molecule has 1 fully saturated rings. The van der Waals surface area contributed by atoms with E-state index in [1.807, 2.05) is 13.0 Å². The summed E-state index contributed by atoms with van der Waals surface area (Å²) in [6, 6.07) is 0.411. The predicted octanol–water partition coefficient (Wildman–Crippen LogP) is 0.457. The SMILES string of the molecule is C/C=C/CCN=C(NCC)NC1CCN(CC(N)=O)CC1. The van der Waals surface area contributed by atoms with E-state index in [0.717, 1.165) is 51.4 Å². The summed E-state index contributed by atoms with van der Waals surface area (Å²) in [4.78, 5) is 17.6. The number of likely N-dealkylation sites (tertiary alicyclic amines) is 1. The molecule has 4 N–H and O–H groups in total. The Balaban J connectivity index is 2.37. The number of hydrogen-bond acceptors (Lipinski definition) is 3. The molecule has 0 bridgehead atoms. The van der Waals surface area contributed by atoms with E-state index in [0.29, 0.717) is 12.6 Å². The first-order valence-corrected chi connectivity index (χ1v) is 7.82. The minimum absolute atomic E-state index is 0.250. The van der Waals surface area contributed by atoms with Gasteiger partial charge in [-0.2, -0.15) is 0 Å². The van der Waals surface area contributed by atoms with Crippen molar-refractivity contribution >= 4 is 11.9 Å². The lowest BCUT2D eigenvalue weighted by molar-refractivity contribution is -0.119. The smallest absolute Gasteiger partial charge is 0.231 e. The molecule has 1 rings (SSSR count). The van der Waals surface area contributed by atoms with Gasteiger partial charge in [0.1, 0.15) is 0 Å². The molecule has 21 heavy (non-hydrogen) atoms. The molecule has 1 heterocycles. The highest BCUT2D eigenvalue weighted by Crippen LogP contribution is 2.09. The standard InChI is InChI=1S/C15H29N5O/c1-3-5-6-9-18-15(17-4-2)19-13-7-10-20(11-8-13)12-14(16)21/h3,5,13H,4,6-12H2,1-2H3,(H2,16,21)(H2,17,18,19)/b5-3+. The van der Waals surface area contributed by atoms with E-state index >= 15 is 0 Å². The Hall–Kier alpha value is -1.56. The zero-order chi connectivity index (χ0) is 15.5. The van der Waals surface area contributed by atoms with Gasteiger partial charge in [-0.1, -0.05) is 12.2 Å². The topological polar surface area (TPSA) is 82.8 Å². The summed E-state index contributed by atoms with van der Waals surface area (Å²) in [5.74, 6) is 0.635. The number of amides is 1. The largest absolute Gasteiger partial charge is 0.369 e. The van der Waals surface area contributed by atoms with Crippen LogP contribution in [0.1, 0.15) is 33.1 Å². The van der Waals surface area contributed by atoms with E-state index in [2.05, 4.69) is 33.5 Å². The molecule has 6 nitrogen and oxygen atoms in total. The van der Waals surface area contributed by atoms with Gasteiger partial charge in [-0.05, 0) is 33.1 Å². The molecule has 120 valence electrons. The average molecular weight is 295 g/mol. The lowest BCUT2D eigenvalue weighted by Gasteiger charge is -2.32. The van der Waals surface area contributed by atoms with E-state index in [-0.39, 0.29) is 5.91 Å². The van der Waals surface area contributed by atoms with Crippen LogP contribution in [0.25, 0.3) is 0 Å². The normalized spacial score (nSPS) is 18.1. The van der Waals surface area contributed by atoms with Crippen molar-refractivity contribution in [2.24, 2.45) is 10.7 Å². The highest BCUT2D eigenvalue weighted by molar-refractivity contribution is 5.80. The van der Waals surface area contributed by atoms with Crippen LogP contribution < -0.4 is 16.4 Å². The minimum atomic E-state index is -0.250. The minimum Gasteiger partial charge on any atom is -0.369 e. The van der Waals surface area contributed by atoms with Gasteiger partial charge < -0.3 is 16.4 Å². The summed E-state index contributed by atoms with van der Waals surface area (Å²) in [6.45, 7) is 7.91. The molecule has 0 aliphatic carbocycles. The van der Waals surface area contributed by atoms with Crippen LogP contribution in [-0.2, 0) is 4.79 Å². The third-order valence-electron chi connectivity index (χ3n) is 3.45. The van der Waals surface area contributed by atoms with Crippen molar-refractivity contribution in [2.75, 3.05) is 32.7 Å². The maximum Gasteiger partial charge on any atom is 0.231 e. The predicted molar refractivity (Wildman–Crippen MR) is 87.2 cm³/mol. The van der Waals surface area contributed by atoms with E-state index in [1.54, 1.807) is 0 Å². The Morgan fingerprint density at radius 2 is 2.14 bits per heavy atom. The molecule has 1 amide bonds. The average Bonchev–Trinajstić information content (AvgIpc) is 2.45. The lowest BCUT2D eigenvalue weighted by Crippen LogP contribution is -2.49. The number of nitrogens with one attached hydrogen (secondary N) is 2. The number of aliphatic imine (C=N–C) groups is 1. The molecule has 0 unspecified atom stereocenters. The maximum atomic E-state index is 10.9. The number of nitrogens with zero attached hydrogens (tertiary/aromatic N) is 2. The van der Waals surface area contributed by atoms with Crippen LogP contribution in [0, 0.1) is 0 Å². The first-order valence-electron chi connectivity index (χ1n) is 7.82. The number of piperidine rings is 1. The molecular weight excluding hydrogens is 266 g/mol. The van der Waals surface area contributed by atoms with Gasteiger partial charge in [-0.3, -0.25) is 14.7 Å². The number of carbonyl (C=O) groups is 1. The first-order chi connectivity index (χ1) is 10.2. The van der Waals surface area contributed by atoms with Crippen molar-refractivity contribution in [3.8, 4) is 0 Å². The highest BCUT2D eigenvalue weighted by Gasteiger charge is 2.20. The second-order valence-corrected chi connectivity index (χ2v) is 5.28. The van der Waals surface area contributed by atoms with Crippen LogP contribution in [0.3, 0.4) is 0 Å². The van der Waals surface area contributed by atoms with Crippen LogP contribution in [0.2, 0.25) is 0 Å². The molecule has 0 aromatic heterocycles. The summed E-state index contributed by atoms with van der Waals surface area (Å²) in [5, 5.41) is 6.76. The molecule has 1 aliphatic rings. The van der Waals surface area contributed by atoms with Gasteiger partial charge in [0.05, 0.1) is 6.54 Å². The molecule has 0 saturated carbocycles. The van der Waals surface area contributed by atoms with Gasteiger partial charge in [-0.15, -0.1) is 0 Å². The molecule has 6 heteroatoms. The molecule has 0 aromatic rings. The third-order valence-corrected chi connectivity index (χ3v) is 3.45. The van der Waals surface area contributed by atoms with Gasteiger partial charge in [0.15, 0.2) is 5.96 Å². The monoisotopic (exact) mass is 295 g/mol. The molecule has 0 atom stereocenters. The van der Waals surface area contributed by atoms with Crippen LogP contribution in [-0.4, -0.2) is 55.5 Å². The second-order valence-electron chi connectivity index (χ2n) is 5.28. The highest BCUT2D eigenvalue weighted by atomic mass is 16.1. The quantitative estimate of drug-likeness (QED) is 0.276. The fraction of sp³-hybridized carbons (Fsp3) is 0.733. The van der Waals surface area contributed by atoms with Crippen LogP contribution >= 0.6 is 0 Å². The molecule has 1 aliphatic heterocycles. The zero-order valence-electron chi connectivity index (χ0n) is 13.3. The van der Waals surface area contributed by atoms with E-state index in [1.165, 1.54) is 0 Å². The number of nitrogens with two attached hydrogens (primary N) is 1. The summed E-state index contributed by atoms with van der Waals surface area (Å²) in [6.07, 6.45) is 7.14. The van der Waals surface area contributed by atoms with Crippen molar-refractivity contribution in [3.63, 3.8) is 0 Å². The number of guanidine groups is 1. The summed E-state index contributed by atoms with van der Waals surface area (Å²) in [5.41, 5.74) is 5.23. The van der Waals surface area contributed by atoms with Gasteiger partial charge in [-0.25, -0.2) is 0 Å². The number of hydrogen-bond donors (Lipinski definition) is 3. The van der Waals surface area contributed by atoms with Crippen molar-refractivity contribution in [1.29, 1.82) is 0 Å². The lowest BCUT2D eigenvalue weighted by atomic mass is 10.1. The van der Waals surface area contributed by atoms with Crippen LogP contribution in [0.15, 0.2) is 17.1 Å². The molecule has 1 saturated heterocycles. The second kappa shape index (κ2) is 10.2. The Kier molecular flexibility index (Phi) is 8.50. The van der Waals surface area contributed by atoms with Crippen LogP contribution in [0.4, 0.5) is 0 Å². The Morgan fingerprint density at radius 3 is 2.71 bits per heavy atom. The number of allylic oxidation sites excluding steroid dienone is 1. The Bertz CT molecular complexity index is 359. The zero-order valence-corrected chi connectivity index (χ0v) is 13.3. The molecule has 0 aromatic carbocycles. The first kappa shape index (κ1) is 17.5. The fourth-order valence-corrected chi connectivity index (χ4v) is 2.39. The number of primary amides is 1. The van der Waals surface area contributed by atoms with Crippen molar-refractivity contribution in [1.82, 2.24) is 15.5 Å². The molecular formula is C15H29N5O. The summed E-state index contributed by atoms with van der Waals surface area (Å²) in [7, 11) is 0. The number of rotatable bonds is 7. The van der Waals surface area contributed by atoms with Crippen LogP contribution in [0.5, 0.6) is 0 Å². The Morgan fingerprint density at radius 1 is 1.43 bits per heavy atom. The summed E-state index contributed by atoms with van der Waals surface area (Å²) >= 11 is 0. The molecule has 0 radical (unpaired) electrons. The van der Waals surface area contributed by atoms with E-state index in [9.17, 15) is 4.79 Å². The van der Waals surface area contributed by atoms with Gasteiger partial charge in [0.2, 0.25) is 5.91 Å². The van der Waals surface area contributed by atoms with Crippen molar-refractivity contribution in [3.05, 3.63) is 12.2 Å². The van der Waals surface area contributed by atoms with Crippen molar-refractivity contribution in [2.45, 2.75) is 39.2 Å². The Labute approximate surface area is 127 Å².